The summed E-state index contributed by atoms with van der Waals surface area (Å²) in [7, 11) is 0. The third-order valence-corrected chi connectivity index (χ3v) is 4.56. The number of aromatic nitrogens is 1. The number of aliphatic imine (C=N–C) groups is 1. The lowest BCUT2D eigenvalue weighted by molar-refractivity contribution is 0.975. The summed E-state index contributed by atoms with van der Waals surface area (Å²) in [6.45, 7) is 2.14. The third-order valence-electron chi connectivity index (χ3n) is 4.56. The van der Waals surface area contributed by atoms with Gasteiger partial charge in [0.05, 0.1) is 11.2 Å². The zero-order chi connectivity index (χ0) is 16.4. The van der Waals surface area contributed by atoms with Crippen molar-refractivity contribution in [2.24, 2.45) is 4.99 Å². The fraction of sp³-hybridized carbons (Fsp3) is 0.182. The highest BCUT2D eigenvalue weighted by molar-refractivity contribution is 5.96. The highest BCUT2D eigenvalue weighted by Crippen LogP contribution is 2.26. The Morgan fingerprint density at radius 2 is 1.71 bits per heavy atom. The Balaban J connectivity index is 1.46. The molecule has 0 spiro atoms. The quantitative estimate of drug-likeness (QED) is 0.636. The van der Waals surface area contributed by atoms with Crippen LogP contribution < -0.4 is 0 Å². The summed E-state index contributed by atoms with van der Waals surface area (Å²) >= 11 is 0. The number of allylic oxidation sites excluding steroid dienone is 1. The number of hydrogen-bond acceptors (Lipinski definition) is 2. The molecule has 2 nitrogen and oxygen atoms in total. The smallest absolute Gasteiger partial charge is 0.0705 e. The lowest BCUT2D eigenvalue weighted by Gasteiger charge is -2.04. The summed E-state index contributed by atoms with van der Waals surface area (Å²) in [6.07, 6.45) is 5.11. The molecule has 0 N–H and O–H groups in total. The molecule has 0 fully saturated rings. The van der Waals surface area contributed by atoms with Crippen LogP contribution in [0.4, 0.5) is 0 Å². The van der Waals surface area contributed by atoms with Crippen molar-refractivity contribution in [2.45, 2.75) is 26.2 Å². The van der Waals surface area contributed by atoms with Crippen molar-refractivity contribution >= 4 is 22.3 Å². The van der Waals surface area contributed by atoms with Gasteiger partial charge in [-0.3, -0.25) is 9.98 Å². The van der Waals surface area contributed by atoms with Gasteiger partial charge < -0.3 is 0 Å². The first-order valence-electron chi connectivity index (χ1n) is 8.47. The molecule has 0 atom stereocenters. The average Bonchev–Trinajstić information content (AvgIpc) is 3.09. The van der Waals surface area contributed by atoms with Gasteiger partial charge in [-0.25, -0.2) is 0 Å². The molecule has 1 aliphatic heterocycles. The van der Waals surface area contributed by atoms with E-state index in [1.165, 1.54) is 22.2 Å². The maximum Gasteiger partial charge on any atom is 0.0705 e. The van der Waals surface area contributed by atoms with E-state index in [9.17, 15) is 0 Å². The van der Waals surface area contributed by atoms with Crippen molar-refractivity contribution in [1.82, 2.24) is 4.98 Å². The monoisotopic (exact) mass is 312 g/mol. The van der Waals surface area contributed by atoms with E-state index in [1.54, 1.807) is 0 Å². The zero-order valence-corrected chi connectivity index (χ0v) is 13.9. The lowest BCUT2D eigenvalue weighted by Crippen LogP contribution is -1.99. The number of aryl methyl sites for hydroxylation is 2. The van der Waals surface area contributed by atoms with Crippen LogP contribution in [0.3, 0.4) is 0 Å². The fourth-order valence-corrected chi connectivity index (χ4v) is 3.18. The largest absolute Gasteiger partial charge is 0.257 e. The molecular weight excluding hydrogens is 292 g/mol. The van der Waals surface area contributed by atoms with Crippen molar-refractivity contribution in [2.75, 3.05) is 0 Å². The molecular formula is C22H20N2. The second kappa shape index (κ2) is 6.40. The minimum absolute atomic E-state index is 0.943. The van der Waals surface area contributed by atoms with Gasteiger partial charge in [0.1, 0.15) is 0 Å². The number of nitrogens with zero attached hydrogens (tertiary/aromatic N) is 2. The highest BCUT2D eigenvalue weighted by Gasteiger charge is 2.12. The molecule has 2 heteroatoms. The summed E-state index contributed by atoms with van der Waals surface area (Å²) in [5, 5.41) is 1.20. The summed E-state index contributed by atoms with van der Waals surface area (Å²) in [6, 6.07) is 21.0. The number of pyridine rings is 1. The van der Waals surface area contributed by atoms with Crippen molar-refractivity contribution in [1.29, 1.82) is 0 Å². The zero-order valence-electron chi connectivity index (χ0n) is 13.9. The number of para-hydroxylation sites is 1. The molecule has 0 radical (unpaired) electrons. The molecule has 118 valence electrons. The van der Waals surface area contributed by atoms with Gasteiger partial charge in [-0.2, -0.15) is 0 Å². The molecule has 1 aliphatic rings. The van der Waals surface area contributed by atoms with Crippen LogP contribution in [0.2, 0.25) is 0 Å². The van der Waals surface area contributed by atoms with E-state index in [4.69, 9.17) is 9.98 Å². The molecule has 0 bridgehead atoms. The van der Waals surface area contributed by atoms with Crippen molar-refractivity contribution in [3.63, 3.8) is 0 Å². The molecule has 3 aromatic rings. The van der Waals surface area contributed by atoms with E-state index in [1.807, 2.05) is 6.07 Å². The van der Waals surface area contributed by atoms with E-state index < -0.39 is 0 Å². The molecule has 2 heterocycles. The Labute approximate surface area is 142 Å². The molecule has 0 saturated carbocycles. The molecule has 0 aliphatic carbocycles. The predicted octanol–water partition coefficient (Wildman–Crippen LogP) is 5.36. The van der Waals surface area contributed by atoms with Crippen LogP contribution in [-0.4, -0.2) is 10.7 Å². The summed E-state index contributed by atoms with van der Waals surface area (Å²) in [5.41, 5.74) is 7.11. The van der Waals surface area contributed by atoms with Crippen LogP contribution >= 0.6 is 0 Å². The Kier molecular flexibility index (Phi) is 3.96. The lowest BCUT2D eigenvalue weighted by atomic mass is 10.1. The normalized spacial score (nSPS) is 13.9. The Hall–Kier alpha value is -2.74. The van der Waals surface area contributed by atoms with Gasteiger partial charge in [0.15, 0.2) is 0 Å². The van der Waals surface area contributed by atoms with Gasteiger partial charge in [0.2, 0.25) is 0 Å². The molecule has 1 aromatic heterocycles. The minimum atomic E-state index is 0.943. The van der Waals surface area contributed by atoms with Crippen molar-refractivity contribution in [3.05, 3.63) is 83.6 Å². The van der Waals surface area contributed by atoms with Gasteiger partial charge in [-0.05, 0) is 37.5 Å². The van der Waals surface area contributed by atoms with E-state index in [2.05, 4.69) is 67.6 Å². The van der Waals surface area contributed by atoms with E-state index >= 15 is 0 Å². The molecule has 0 unspecified atom stereocenters. The maximum atomic E-state index is 4.85. The van der Waals surface area contributed by atoms with E-state index in [0.717, 1.165) is 36.2 Å². The van der Waals surface area contributed by atoms with Crippen LogP contribution in [0.1, 0.15) is 29.7 Å². The summed E-state index contributed by atoms with van der Waals surface area (Å²) < 4.78 is 0. The first-order valence-corrected chi connectivity index (χ1v) is 8.47. The molecule has 0 saturated heterocycles. The Morgan fingerprint density at radius 3 is 2.62 bits per heavy atom. The van der Waals surface area contributed by atoms with Crippen molar-refractivity contribution in [3.8, 4) is 0 Å². The molecule has 24 heavy (non-hydrogen) atoms. The first kappa shape index (κ1) is 14.8. The van der Waals surface area contributed by atoms with Gasteiger partial charge in [-0.15, -0.1) is 0 Å². The van der Waals surface area contributed by atoms with Gasteiger partial charge in [0, 0.05) is 28.8 Å². The minimum Gasteiger partial charge on any atom is -0.257 e. The number of hydrogen-bond donors (Lipinski definition) is 0. The highest BCUT2D eigenvalue weighted by atomic mass is 14.8. The van der Waals surface area contributed by atoms with E-state index in [-0.39, 0.29) is 0 Å². The van der Waals surface area contributed by atoms with Gasteiger partial charge in [-0.1, -0.05) is 54.6 Å². The summed E-state index contributed by atoms with van der Waals surface area (Å²) in [4.78, 5) is 9.60. The van der Waals surface area contributed by atoms with Crippen LogP contribution in [0.15, 0.2) is 71.7 Å². The molecule has 0 amide bonds. The maximum absolute atomic E-state index is 4.85. The second-order valence-electron chi connectivity index (χ2n) is 6.28. The van der Waals surface area contributed by atoms with Crippen LogP contribution in [0.5, 0.6) is 0 Å². The fourth-order valence-electron chi connectivity index (χ4n) is 3.18. The predicted molar refractivity (Wildman–Crippen MR) is 101 cm³/mol. The number of benzene rings is 2. The Bertz CT molecular complexity index is 951. The van der Waals surface area contributed by atoms with Crippen LogP contribution in [-0.2, 0) is 6.42 Å². The SMILES string of the molecule is Cc1ccccc1C1=CCC(CCc2ccc3ccccc3n2)=N1. The topological polar surface area (TPSA) is 25.2 Å². The van der Waals surface area contributed by atoms with Crippen molar-refractivity contribution < 1.29 is 0 Å². The van der Waals surface area contributed by atoms with Crippen LogP contribution in [0, 0.1) is 6.92 Å². The molecule has 4 rings (SSSR count). The van der Waals surface area contributed by atoms with Gasteiger partial charge in [0.25, 0.3) is 0 Å². The van der Waals surface area contributed by atoms with Gasteiger partial charge >= 0.3 is 0 Å². The third kappa shape index (κ3) is 3.00. The first-order chi connectivity index (χ1) is 11.8. The number of rotatable bonds is 4. The summed E-state index contributed by atoms with van der Waals surface area (Å²) in [5.74, 6) is 0. The Morgan fingerprint density at radius 1 is 0.875 bits per heavy atom. The molecule has 2 aromatic carbocycles. The van der Waals surface area contributed by atoms with Crippen LogP contribution in [0.25, 0.3) is 16.6 Å². The second-order valence-corrected chi connectivity index (χ2v) is 6.28. The number of fused-ring (bicyclic) bond motifs is 1. The standard InChI is InChI=1S/C22H20N2/c1-16-6-2-4-8-20(16)22-15-14-19(24-22)13-12-18-11-10-17-7-3-5-9-21(17)23-18/h2-11,15H,12-14H2,1H3. The van der Waals surface area contributed by atoms with E-state index in [0.29, 0.717) is 0 Å². The average molecular weight is 312 g/mol.